The van der Waals surface area contributed by atoms with E-state index in [-0.39, 0.29) is 12.5 Å². The number of benzene rings is 2. The third-order valence-corrected chi connectivity index (χ3v) is 3.54. The van der Waals surface area contributed by atoms with E-state index in [0.717, 1.165) is 29.2 Å². The van der Waals surface area contributed by atoms with Crippen LogP contribution >= 0.6 is 0 Å². The summed E-state index contributed by atoms with van der Waals surface area (Å²) >= 11 is 0. The van der Waals surface area contributed by atoms with Crippen molar-refractivity contribution >= 4 is 16.7 Å². The second-order valence-corrected chi connectivity index (χ2v) is 5.28. The molecule has 1 N–H and O–H groups in total. The highest BCUT2D eigenvalue weighted by Crippen LogP contribution is 2.20. The molecular weight excluding hydrogens is 292 g/mol. The first-order valence-electron chi connectivity index (χ1n) is 7.58. The van der Waals surface area contributed by atoms with Crippen LogP contribution < -0.4 is 10.1 Å². The lowest BCUT2D eigenvalue weighted by atomic mass is 10.1. The summed E-state index contributed by atoms with van der Waals surface area (Å²) in [6, 6.07) is 13.8. The molecule has 5 heteroatoms. The first-order chi connectivity index (χ1) is 11.3. The number of ether oxygens (including phenoxy) is 1. The average molecular weight is 310 g/mol. The van der Waals surface area contributed by atoms with Crippen molar-refractivity contribution in [3.63, 3.8) is 0 Å². The van der Waals surface area contributed by atoms with Gasteiger partial charge in [-0.15, -0.1) is 0 Å². The van der Waals surface area contributed by atoms with Crippen molar-refractivity contribution in [3.8, 4) is 5.75 Å². The van der Waals surface area contributed by atoms with E-state index >= 15 is 0 Å². The first-order valence-corrected chi connectivity index (χ1v) is 7.58. The van der Waals surface area contributed by atoms with Gasteiger partial charge in [0.15, 0.2) is 6.61 Å². The molecule has 3 aromatic rings. The summed E-state index contributed by atoms with van der Waals surface area (Å²) in [7, 11) is 0. The van der Waals surface area contributed by atoms with E-state index in [0.29, 0.717) is 12.3 Å². The van der Waals surface area contributed by atoms with Crippen LogP contribution in [0.2, 0.25) is 0 Å². The molecule has 0 fully saturated rings. The molecule has 0 saturated heterocycles. The standard InChI is InChI=1S/C18H18N2O3/c21-18(19-9-3-4-14-11-20-23-12-14)13-22-17-8-7-15-5-1-2-6-16(15)10-17/h1-2,5-8,10-12H,3-4,9,13H2,(H,19,21). The summed E-state index contributed by atoms with van der Waals surface area (Å²) in [5, 5.41) is 8.72. The highest BCUT2D eigenvalue weighted by Gasteiger charge is 2.03. The van der Waals surface area contributed by atoms with E-state index in [1.807, 2.05) is 42.5 Å². The number of fused-ring (bicyclic) bond motifs is 1. The third-order valence-electron chi connectivity index (χ3n) is 3.54. The average Bonchev–Trinajstić information content (AvgIpc) is 3.10. The Balaban J connectivity index is 1.41. The number of carbonyl (C=O) groups excluding carboxylic acids is 1. The van der Waals surface area contributed by atoms with E-state index in [2.05, 4.69) is 10.5 Å². The molecule has 0 spiro atoms. The van der Waals surface area contributed by atoms with Crippen molar-refractivity contribution in [3.05, 3.63) is 60.5 Å². The van der Waals surface area contributed by atoms with Crippen LogP contribution in [0.25, 0.3) is 10.8 Å². The van der Waals surface area contributed by atoms with Crippen LogP contribution in [0.1, 0.15) is 12.0 Å². The highest BCUT2D eigenvalue weighted by atomic mass is 16.5. The molecule has 0 aliphatic heterocycles. The molecule has 118 valence electrons. The molecule has 1 aromatic heterocycles. The second-order valence-electron chi connectivity index (χ2n) is 5.28. The molecule has 0 radical (unpaired) electrons. The van der Waals surface area contributed by atoms with Crippen molar-refractivity contribution in [1.82, 2.24) is 10.5 Å². The van der Waals surface area contributed by atoms with Crippen molar-refractivity contribution in [2.45, 2.75) is 12.8 Å². The smallest absolute Gasteiger partial charge is 0.257 e. The van der Waals surface area contributed by atoms with Gasteiger partial charge in [-0.3, -0.25) is 4.79 Å². The van der Waals surface area contributed by atoms with Crippen LogP contribution in [0.3, 0.4) is 0 Å². The van der Waals surface area contributed by atoms with E-state index < -0.39 is 0 Å². The molecule has 5 nitrogen and oxygen atoms in total. The number of hydrogen-bond donors (Lipinski definition) is 1. The van der Waals surface area contributed by atoms with Gasteiger partial charge in [-0.05, 0) is 35.7 Å². The molecular formula is C18H18N2O3. The summed E-state index contributed by atoms with van der Waals surface area (Å²) in [6.07, 6.45) is 4.97. The Kier molecular flexibility index (Phi) is 4.88. The van der Waals surface area contributed by atoms with E-state index in [1.54, 1.807) is 12.5 Å². The van der Waals surface area contributed by atoms with Crippen molar-refractivity contribution in [2.24, 2.45) is 0 Å². The van der Waals surface area contributed by atoms with Crippen LogP contribution in [0.5, 0.6) is 5.75 Å². The van der Waals surface area contributed by atoms with Crippen LogP contribution in [-0.4, -0.2) is 24.2 Å². The highest BCUT2D eigenvalue weighted by molar-refractivity contribution is 5.84. The van der Waals surface area contributed by atoms with Crippen LogP contribution in [-0.2, 0) is 11.2 Å². The summed E-state index contributed by atoms with van der Waals surface area (Å²) < 4.78 is 10.3. The maximum absolute atomic E-state index is 11.8. The molecule has 2 aromatic carbocycles. The van der Waals surface area contributed by atoms with Crippen LogP contribution in [0.4, 0.5) is 0 Å². The fourth-order valence-corrected chi connectivity index (χ4v) is 2.33. The molecule has 1 amide bonds. The first kappa shape index (κ1) is 15.1. The van der Waals surface area contributed by atoms with Gasteiger partial charge in [0.25, 0.3) is 5.91 Å². The number of nitrogens with one attached hydrogen (secondary N) is 1. The molecule has 1 heterocycles. The monoisotopic (exact) mass is 310 g/mol. The van der Waals surface area contributed by atoms with Crippen molar-refractivity contribution < 1.29 is 14.1 Å². The van der Waals surface area contributed by atoms with Crippen LogP contribution in [0, 0.1) is 0 Å². The second kappa shape index (κ2) is 7.45. The largest absolute Gasteiger partial charge is 0.484 e. The number of carbonyl (C=O) groups is 1. The Hall–Kier alpha value is -2.82. The predicted octanol–water partition coefficient (Wildman–Crippen LogP) is 2.96. The topological polar surface area (TPSA) is 64.4 Å². The fourth-order valence-electron chi connectivity index (χ4n) is 2.33. The minimum absolute atomic E-state index is 0.0195. The number of aromatic nitrogens is 1. The normalized spacial score (nSPS) is 10.6. The van der Waals surface area contributed by atoms with Gasteiger partial charge in [0.2, 0.25) is 0 Å². The van der Waals surface area contributed by atoms with Gasteiger partial charge in [0, 0.05) is 12.1 Å². The number of nitrogens with zero attached hydrogens (tertiary/aromatic N) is 1. The number of hydrogen-bond acceptors (Lipinski definition) is 4. The SMILES string of the molecule is O=C(COc1ccc2ccccc2c1)NCCCc1cnoc1. The zero-order valence-electron chi connectivity index (χ0n) is 12.7. The Bertz CT molecular complexity index is 769. The number of amides is 1. The Morgan fingerprint density at radius 3 is 2.87 bits per heavy atom. The maximum atomic E-state index is 11.8. The van der Waals surface area contributed by atoms with Gasteiger partial charge in [-0.2, -0.15) is 0 Å². The lowest BCUT2D eigenvalue weighted by Crippen LogP contribution is -2.29. The van der Waals surface area contributed by atoms with E-state index in [1.165, 1.54) is 0 Å². The third kappa shape index (κ3) is 4.32. The minimum atomic E-state index is -0.122. The summed E-state index contributed by atoms with van der Waals surface area (Å²) in [4.78, 5) is 11.8. The van der Waals surface area contributed by atoms with Gasteiger partial charge in [-0.1, -0.05) is 35.5 Å². The Morgan fingerprint density at radius 2 is 2.04 bits per heavy atom. The van der Waals surface area contributed by atoms with Gasteiger partial charge in [-0.25, -0.2) is 0 Å². The Morgan fingerprint density at radius 1 is 1.17 bits per heavy atom. The molecule has 3 rings (SSSR count). The van der Waals surface area contributed by atoms with Gasteiger partial charge in [0.05, 0.1) is 6.20 Å². The molecule has 0 unspecified atom stereocenters. The van der Waals surface area contributed by atoms with Gasteiger partial charge >= 0.3 is 0 Å². The Labute approximate surface area is 134 Å². The summed E-state index contributed by atoms with van der Waals surface area (Å²) in [5.41, 5.74) is 1.03. The summed E-state index contributed by atoms with van der Waals surface area (Å²) in [6.45, 7) is 0.622. The van der Waals surface area contributed by atoms with Crippen molar-refractivity contribution in [2.75, 3.05) is 13.2 Å². The quantitative estimate of drug-likeness (QED) is 0.681. The molecule has 0 atom stereocenters. The van der Waals surface area contributed by atoms with Gasteiger partial charge in [0.1, 0.15) is 12.0 Å². The number of rotatable bonds is 7. The molecule has 0 bridgehead atoms. The molecule has 0 saturated carbocycles. The minimum Gasteiger partial charge on any atom is -0.484 e. The van der Waals surface area contributed by atoms with Crippen molar-refractivity contribution in [1.29, 1.82) is 0 Å². The van der Waals surface area contributed by atoms with E-state index in [4.69, 9.17) is 9.26 Å². The molecule has 0 aliphatic rings. The molecule has 23 heavy (non-hydrogen) atoms. The maximum Gasteiger partial charge on any atom is 0.257 e. The van der Waals surface area contributed by atoms with Gasteiger partial charge < -0.3 is 14.6 Å². The molecule has 0 aliphatic carbocycles. The van der Waals surface area contributed by atoms with Crippen LogP contribution in [0.15, 0.2) is 59.4 Å². The van der Waals surface area contributed by atoms with E-state index in [9.17, 15) is 4.79 Å². The lowest BCUT2D eigenvalue weighted by Gasteiger charge is -2.08. The fraction of sp³-hybridized carbons (Fsp3) is 0.222. The summed E-state index contributed by atoms with van der Waals surface area (Å²) in [5.74, 6) is 0.576. The lowest BCUT2D eigenvalue weighted by molar-refractivity contribution is -0.123. The predicted molar refractivity (Wildman–Crippen MR) is 87.3 cm³/mol. The number of aryl methyl sites for hydroxylation is 1. The zero-order chi connectivity index (χ0) is 15.9. The zero-order valence-corrected chi connectivity index (χ0v) is 12.7.